The fourth-order valence-electron chi connectivity index (χ4n) is 10.3. The summed E-state index contributed by atoms with van der Waals surface area (Å²) in [6.07, 6.45) is 13.2. The molecular weight excluding hydrogens is 398 g/mol. The molecule has 5 fully saturated rings. The fourth-order valence-corrected chi connectivity index (χ4v) is 10.3. The van der Waals surface area contributed by atoms with E-state index in [4.69, 9.17) is 9.47 Å². The maximum Gasteiger partial charge on any atom is 0.143 e. The van der Waals surface area contributed by atoms with Crippen molar-refractivity contribution in [1.29, 1.82) is 0 Å². The monoisotopic (exact) mass is 439 g/mol. The number of ether oxygens (including phenoxy) is 2. The molecule has 0 aliphatic heterocycles. The predicted molar refractivity (Wildman–Crippen MR) is 124 cm³/mol. The average molecular weight is 440 g/mol. The number of hydrogen-bond donors (Lipinski definition) is 1. The van der Waals surface area contributed by atoms with E-state index in [-0.39, 0.29) is 12.7 Å². The third-order valence-corrected chi connectivity index (χ3v) is 11.8. The Labute approximate surface area is 193 Å². The summed E-state index contributed by atoms with van der Waals surface area (Å²) in [5.74, 6) is 4.72. The number of methoxy groups -OCH3 is 1. The molecule has 1 spiro atoms. The summed E-state index contributed by atoms with van der Waals surface area (Å²) in [6, 6.07) is 3.86. The third kappa shape index (κ3) is 2.60. The summed E-state index contributed by atoms with van der Waals surface area (Å²) in [5, 5.41) is 9.68. The maximum atomic E-state index is 9.68. The first-order valence-corrected chi connectivity index (χ1v) is 13.1. The quantitative estimate of drug-likeness (QED) is 0.646. The van der Waals surface area contributed by atoms with E-state index in [1.165, 1.54) is 51.4 Å². The first kappa shape index (κ1) is 21.4. The first-order valence-electron chi connectivity index (χ1n) is 13.1. The van der Waals surface area contributed by atoms with Gasteiger partial charge in [0.1, 0.15) is 11.4 Å². The van der Waals surface area contributed by atoms with Crippen LogP contribution in [0.15, 0.2) is 18.3 Å². The van der Waals surface area contributed by atoms with Gasteiger partial charge in [-0.15, -0.1) is 0 Å². The molecule has 2 unspecified atom stereocenters. The van der Waals surface area contributed by atoms with Gasteiger partial charge in [0.15, 0.2) is 0 Å². The maximum absolute atomic E-state index is 9.68. The van der Waals surface area contributed by atoms with Crippen LogP contribution in [0.1, 0.15) is 77.8 Å². The number of aromatic nitrogens is 1. The van der Waals surface area contributed by atoms with E-state index in [0.717, 1.165) is 29.4 Å². The largest absolute Gasteiger partial charge is 0.488 e. The minimum absolute atomic E-state index is 0.0725. The van der Waals surface area contributed by atoms with E-state index < -0.39 is 0 Å². The van der Waals surface area contributed by atoms with Crippen LogP contribution in [0, 0.1) is 45.8 Å². The van der Waals surface area contributed by atoms with Crippen LogP contribution in [0.2, 0.25) is 0 Å². The number of aliphatic hydroxyl groups is 1. The normalized spacial score (nSPS) is 49.5. The molecule has 0 bridgehead atoms. The van der Waals surface area contributed by atoms with Crippen LogP contribution in [0.5, 0.6) is 5.75 Å². The molecule has 4 nitrogen and oxygen atoms in total. The molecule has 4 heteroatoms. The van der Waals surface area contributed by atoms with E-state index in [9.17, 15) is 5.11 Å². The Bertz CT molecular complexity index is 889. The van der Waals surface area contributed by atoms with Gasteiger partial charge in [0.2, 0.25) is 0 Å². The highest BCUT2D eigenvalue weighted by Gasteiger charge is 2.77. The minimum Gasteiger partial charge on any atom is -0.488 e. The van der Waals surface area contributed by atoms with Crippen LogP contribution in [0.25, 0.3) is 0 Å². The van der Waals surface area contributed by atoms with Crippen LogP contribution < -0.4 is 4.74 Å². The molecule has 5 aliphatic rings. The molecule has 0 amide bonds. The standard InChI is InChI=1S/C28H41NO3/c1-17(32-24-6-5-13-29-23(24)16-30)20-7-8-21-19-14-25(31-4)28-15-18(28)9-12-27(28,3)22(19)10-11-26(20,21)2/h5-6,13,17-22,25,30H,7-12,14-16H2,1-4H3/t17-,18+,19-,20+,21-,22-,25?,26+,27+,28?/m0/s1. The van der Waals surface area contributed by atoms with Gasteiger partial charge < -0.3 is 14.6 Å². The molecular formula is C28H41NO3. The van der Waals surface area contributed by atoms with Gasteiger partial charge >= 0.3 is 0 Å². The summed E-state index contributed by atoms with van der Waals surface area (Å²) < 4.78 is 12.7. The number of rotatable bonds is 5. The molecule has 1 heterocycles. The van der Waals surface area contributed by atoms with E-state index in [0.29, 0.717) is 34.0 Å². The molecule has 1 N–H and O–H groups in total. The molecule has 0 aromatic carbocycles. The van der Waals surface area contributed by atoms with E-state index in [1.54, 1.807) is 6.20 Å². The molecule has 5 saturated carbocycles. The SMILES string of the molecule is COC1C[C@H]2[C@@H]3CC[C@H]([C@H](C)Oc4cccnc4CO)[C@@]3(C)CC[C@@H]2[C@@]2(C)CC[C@@H]3CC132. The summed E-state index contributed by atoms with van der Waals surface area (Å²) in [7, 11) is 1.98. The van der Waals surface area contributed by atoms with Gasteiger partial charge in [-0.3, -0.25) is 4.98 Å². The molecule has 10 atom stereocenters. The molecule has 0 saturated heterocycles. The van der Waals surface area contributed by atoms with E-state index in [1.807, 2.05) is 19.2 Å². The Kier molecular flexibility index (Phi) is 4.81. The van der Waals surface area contributed by atoms with Crippen molar-refractivity contribution in [1.82, 2.24) is 4.98 Å². The van der Waals surface area contributed by atoms with Crippen molar-refractivity contribution in [2.24, 2.45) is 45.8 Å². The Morgan fingerprint density at radius 2 is 2.00 bits per heavy atom. The van der Waals surface area contributed by atoms with Crippen molar-refractivity contribution in [3.8, 4) is 5.75 Å². The minimum atomic E-state index is -0.0725. The Morgan fingerprint density at radius 3 is 2.75 bits per heavy atom. The van der Waals surface area contributed by atoms with Gasteiger partial charge in [-0.2, -0.15) is 0 Å². The summed E-state index contributed by atoms with van der Waals surface area (Å²) in [6.45, 7) is 7.41. The van der Waals surface area contributed by atoms with Gasteiger partial charge in [-0.1, -0.05) is 13.8 Å². The Morgan fingerprint density at radius 1 is 1.16 bits per heavy atom. The van der Waals surface area contributed by atoms with E-state index in [2.05, 4.69) is 25.8 Å². The van der Waals surface area contributed by atoms with Crippen LogP contribution >= 0.6 is 0 Å². The predicted octanol–water partition coefficient (Wildman–Crippen LogP) is 5.63. The number of nitrogens with zero attached hydrogens (tertiary/aromatic N) is 1. The highest BCUT2D eigenvalue weighted by molar-refractivity contribution is 5.28. The van der Waals surface area contributed by atoms with E-state index >= 15 is 0 Å². The van der Waals surface area contributed by atoms with Gasteiger partial charge in [0.05, 0.1) is 18.8 Å². The lowest BCUT2D eigenvalue weighted by Gasteiger charge is -2.61. The van der Waals surface area contributed by atoms with Gasteiger partial charge in [0, 0.05) is 24.6 Å². The van der Waals surface area contributed by atoms with Gasteiger partial charge in [-0.05, 0) is 105 Å². The molecule has 32 heavy (non-hydrogen) atoms. The van der Waals surface area contributed by atoms with Crippen molar-refractivity contribution in [2.45, 2.75) is 91.0 Å². The second-order valence-electron chi connectivity index (χ2n) is 12.4. The smallest absolute Gasteiger partial charge is 0.143 e. The third-order valence-electron chi connectivity index (χ3n) is 11.8. The molecule has 176 valence electrons. The zero-order valence-corrected chi connectivity index (χ0v) is 20.3. The lowest BCUT2D eigenvalue weighted by molar-refractivity contribution is -0.162. The van der Waals surface area contributed by atoms with Crippen molar-refractivity contribution in [3.05, 3.63) is 24.0 Å². The number of hydrogen-bond acceptors (Lipinski definition) is 4. The second kappa shape index (κ2) is 7.18. The van der Waals surface area contributed by atoms with Crippen LogP contribution in [-0.4, -0.2) is 29.4 Å². The highest BCUT2D eigenvalue weighted by atomic mass is 16.5. The number of aliphatic hydroxyl groups excluding tert-OH is 1. The Balaban J connectivity index is 1.26. The molecule has 1 aromatic rings. The topological polar surface area (TPSA) is 51.6 Å². The van der Waals surface area contributed by atoms with Crippen LogP contribution in [0.4, 0.5) is 0 Å². The van der Waals surface area contributed by atoms with Crippen molar-refractivity contribution < 1.29 is 14.6 Å². The van der Waals surface area contributed by atoms with Crippen LogP contribution in [0.3, 0.4) is 0 Å². The Hall–Kier alpha value is -1.13. The van der Waals surface area contributed by atoms with Gasteiger partial charge in [-0.25, -0.2) is 0 Å². The molecule has 5 aliphatic carbocycles. The zero-order chi connectivity index (χ0) is 22.3. The summed E-state index contributed by atoms with van der Waals surface area (Å²) in [5.41, 5.74) is 1.99. The van der Waals surface area contributed by atoms with Crippen molar-refractivity contribution >= 4 is 0 Å². The summed E-state index contributed by atoms with van der Waals surface area (Å²) >= 11 is 0. The zero-order valence-electron chi connectivity index (χ0n) is 20.3. The lowest BCUT2D eigenvalue weighted by Crippen LogP contribution is -2.57. The van der Waals surface area contributed by atoms with Crippen molar-refractivity contribution in [3.63, 3.8) is 0 Å². The summed E-state index contributed by atoms with van der Waals surface area (Å²) in [4.78, 5) is 4.31. The van der Waals surface area contributed by atoms with Crippen LogP contribution in [-0.2, 0) is 11.3 Å². The molecule has 1 aromatic heterocycles. The molecule has 0 radical (unpaired) electrons. The first-order chi connectivity index (χ1) is 15.4. The van der Waals surface area contributed by atoms with Gasteiger partial charge in [0.25, 0.3) is 0 Å². The average Bonchev–Trinajstić information content (AvgIpc) is 3.30. The number of fused-ring (bicyclic) bond motifs is 4. The van der Waals surface area contributed by atoms with Crippen molar-refractivity contribution in [2.75, 3.05) is 7.11 Å². The molecule has 6 rings (SSSR count). The number of pyridine rings is 1. The fraction of sp³-hybridized carbons (Fsp3) is 0.821. The second-order valence-corrected chi connectivity index (χ2v) is 12.4. The highest BCUT2D eigenvalue weighted by Crippen LogP contribution is 2.82. The lowest BCUT2D eigenvalue weighted by atomic mass is 9.45.